The monoisotopic (exact) mass is 512 g/mol. The predicted octanol–water partition coefficient (Wildman–Crippen LogP) is 2.33. The van der Waals surface area contributed by atoms with Gasteiger partial charge in [-0.1, -0.05) is 26.8 Å². The number of rotatable bonds is 5. The van der Waals surface area contributed by atoms with E-state index in [2.05, 4.69) is 20.8 Å². The summed E-state index contributed by atoms with van der Waals surface area (Å²) in [6, 6.07) is 2.22. The summed E-state index contributed by atoms with van der Waals surface area (Å²) >= 11 is 0. The molecule has 1 saturated carbocycles. The number of ketones is 2. The molecule has 1 aromatic rings. The SMILES string of the molecule is CN(C)C1C(=O)C(C(N)=O)=C(O)[C@]2(O)C(=O)C3=C(O)c4c(O)ccc(CCCC(C)(C)C)c4C[C@@H]3C[C@H]12. The molecule has 0 bridgehead atoms. The van der Waals surface area contributed by atoms with Gasteiger partial charge in [-0.15, -0.1) is 0 Å². The van der Waals surface area contributed by atoms with Crippen molar-refractivity contribution in [1.82, 2.24) is 4.90 Å². The zero-order valence-electron chi connectivity index (χ0n) is 22.0. The average molecular weight is 513 g/mol. The van der Waals surface area contributed by atoms with Crippen molar-refractivity contribution in [2.24, 2.45) is 23.0 Å². The minimum atomic E-state index is -2.62. The number of Topliss-reactive ketones (excluding diaryl/α,β-unsaturated/α-hetero) is 2. The van der Waals surface area contributed by atoms with Crippen LogP contribution in [0.5, 0.6) is 5.75 Å². The Kier molecular flexibility index (Phi) is 6.53. The summed E-state index contributed by atoms with van der Waals surface area (Å²) < 4.78 is 0. The van der Waals surface area contributed by atoms with Crippen molar-refractivity contribution in [3.8, 4) is 5.75 Å². The normalized spacial score (nSPS) is 27.8. The van der Waals surface area contributed by atoms with Crippen LogP contribution in [0.25, 0.3) is 5.76 Å². The van der Waals surface area contributed by atoms with Gasteiger partial charge in [-0.05, 0) is 74.7 Å². The maximum Gasteiger partial charge on any atom is 0.255 e. The Morgan fingerprint density at radius 1 is 1.16 bits per heavy atom. The quantitative estimate of drug-likeness (QED) is 0.376. The number of aryl methyl sites for hydroxylation is 1. The molecule has 6 N–H and O–H groups in total. The lowest BCUT2D eigenvalue weighted by Gasteiger charge is -2.50. The third-order valence-corrected chi connectivity index (χ3v) is 8.07. The number of benzene rings is 1. The summed E-state index contributed by atoms with van der Waals surface area (Å²) in [4.78, 5) is 40.6. The number of carbonyl (C=O) groups excluding carboxylic acids is 3. The molecule has 4 rings (SSSR count). The van der Waals surface area contributed by atoms with Crippen LogP contribution in [0.2, 0.25) is 0 Å². The second-order valence-corrected chi connectivity index (χ2v) is 12.0. The molecule has 0 heterocycles. The minimum absolute atomic E-state index is 0.0862. The fraction of sp³-hybridized carbons (Fsp3) is 0.536. The van der Waals surface area contributed by atoms with Gasteiger partial charge in [0, 0.05) is 11.5 Å². The van der Waals surface area contributed by atoms with E-state index in [-0.39, 0.29) is 28.7 Å². The van der Waals surface area contributed by atoms with E-state index >= 15 is 0 Å². The highest BCUT2D eigenvalue weighted by Gasteiger charge is 2.64. The molecule has 0 radical (unpaired) electrons. The van der Waals surface area contributed by atoms with Crippen LogP contribution >= 0.6 is 0 Å². The topological polar surface area (TPSA) is 161 Å². The molecule has 0 aromatic heterocycles. The lowest BCUT2D eigenvalue weighted by molar-refractivity contribution is -0.153. The Balaban J connectivity index is 1.86. The number of nitrogens with zero attached hydrogens (tertiary/aromatic N) is 1. The number of primary amides is 1. The number of aromatic hydroxyl groups is 1. The van der Waals surface area contributed by atoms with Crippen LogP contribution in [0.3, 0.4) is 0 Å². The number of phenolic OH excluding ortho intramolecular Hbond substituents is 1. The van der Waals surface area contributed by atoms with Gasteiger partial charge in [0.15, 0.2) is 11.4 Å². The van der Waals surface area contributed by atoms with Crippen molar-refractivity contribution >= 4 is 23.2 Å². The highest BCUT2D eigenvalue weighted by molar-refractivity contribution is 6.24. The van der Waals surface area contributed by atoms with E-state index in [1.54, 1.807) is 14.1 Å². The zero-order chi connectivity index (χ0) is 27.6. The van der Waals surface area contributed by atoms with E-state index in [0.29, 0.717) is 6.42 Å². The van der Waals surface area contributed by atoms with Crippen molar-refractivity contribution in [2.75, 3.05) is 14.1 Å². The van der Waals surface area contributed by atoms with Gasteiger partial charge in [0.25, 0.3) is 5.91 Å². The summed E-state index contributed by atoms with van der Waals surface area (Å²) in [6.07, 6.45) is 3.00. The summed E-state index contributed by atoms with van der Waals surface area (Å²) in [5.41, 5.74) is 3.77. The molecule has 1 fully saturated rings. The van der Waals surface area contributed by atoms with Gasteiger partial charge in [-0.3, -0.25) is 19.3 Å². The van der Waals surface area contributed by atoms with Crippen LogP contribution in [0.15, 0.2) is 29.0 Å². The summed E-state index contributed by atoms with van der Waals surface area (Å²) in [5.74, 6) is -6.37. The Labute approximate surface area is 216 Å². The molecule has 0 saturated heterocycles. The maximum absolute atomic E-state index is 13.8. The fourth-order valence-electron chi connectivity index (χ4n) is 6.35. The lowest BCUT2D eigenvalue weighted by atomic mass is 9.57. The van der Waals surface area contributed by atoms with Gasteiger partial charge in [-0.25, -0.2) is 0 Å². The van der Waals surface area contributed by atoms with Gasteiger partial charge < -0.3 is 26.2 Å². The zero-order valence-corrected chi connectivity index (χ0v) is 22.0. The Morgan fingerprint density at radius 2 is 1.81 bits per heavy atom. The van der Waals surface area contributed by atoms with Crippen LogP contribution in [0.4, 0.5) is 0 Å². The highest BCUT2D eigenvalue weighted by Crippen LogP contribution is 2.53. The third kappa shape index (κ3) is 4.14. The van der Waals surface area contributed by atoms with Gasteiger partial charge in [0.05, 0.1) is 11.6 Å². The summed E-state index contributed by atoms with van der Waals surface area (Å²) in [5, 5.41) is 44.5. The first-order valence-electron chi connectivity index (χ1n) is 12.6. The van der Waals surface area contributed by atoms with Gasteiger partial charge in [-0.2, -0.15) is 0 Å². The van der Waals surface area contributed by atoms with Crippen LogP contribution in [0.1, 0.15) is 56.7 Å². The standard InChI is InChI=1S/C28H36N2O7/c1-27(2,3)10-6-7-13-8-9-17(31)19-15(13)11-14-12-16-21(30(4)5)23(33)20(26(29)36)25(35)28(16,37)24(34)18(14)22(19)32/h8-9,14,16,21,31-32,35,37H,6-7,10-12H2,1-5H3,(H2,29,36)/t14-,16-,21?,28-/m1/s1. The molecule has 200 valence electrons. The number of carbonyl (C=O) groups is 3. The molecule has 3 aliphatic rings. The van der Waals surface area contributed by atoms with Gasteiger partial charge in [0.2, 0.25) is 5.78 Å². The smallest absolute Gasteiger partial charge is 0.255 e. The van der Waals surface area contributed by atoms with E-state index < -0.39 is 58.0 Å². The van der Waals surface area contributed by atoms with Crippen LogP contribution in [0, 0.1) is 17.3 Å². The molecular formula is C28H36N2O7. The van der Waals surface area contributed by atoms with Crippen molar-refractivity contribution in [1.29, 1.82) is 0 Å². The molecule has 3 aliphatic carbocycles. The molecule has 1 amide bonds. The molecule has 1 aromatic carbocycles. The van der Waals surface area contributed by atoms with Crippen molar-refractivity contribution in [2.45, 2.75) is 64.5 Å². The highest BCUT2D eigenvalue weighted by atomic mass is 16.3. The van der Waals surface area contributed by atoms with Crippen LogP contribution in [-0.4, -0.2) is 68.5 Å². The number of phenols is 1. The first kappa shape index (κ1) is 26.9. The van der Waals surface area contributed by atoms with E-state index in [0.717, 1.165) is 30.4 Å². The summed E-state index contributed by atoms with van der Waals surface area (Å²) in [6.45, 7) is 6.49. The molecule has 0 aliphatic heterocycles. The van der Waals surface area contributed by atoms with E-state index in [1.165, 1.54) is 11.0 Å². The number of fused-ring (bicyclic) bond motifs is 3. The molecular weight excluding hydrogens is 476 g/mol. The number of hydrogen-bond donors (Lipinski definition) is 5. The van der Waals surface area contributed by atoms with Crippen LogP contribution in [-0.2, 0) is 27.2 Å². The van der Waals surface area contributed by atoms with Gasteiger partial charge in [0.1, 0.15) is 22.8 Å². The van der Waals surface area contributed by atoms with E-state index in [4.69, 9.17) is 5.73 Å². The first-order chi connectivity index (χ1) is 17.1. The maximum atomic E-state index is 13.8. The van der Waals surface area contributed by atoms with Crippen molar-refractivity contribution in [3.63, 3.8) is 0 Å². The molecule has 9 heteroatoms. The third-order valence-electron chi connectivity index (χ3n) is 8.07. The molecule has 4 atom stereocenters. The number of hydrogen-bond acceptors (Lipinski definition) is 8. The van der Waals surface area contributed by atoms with Crippen LogP contribution < -0.4 is 5.73 Å². The number of nitrogens with two attached hydrogens (primary N) is 1. The Hall–Kier alpha value is -3.17. The predicted molar refractivity (Wildman–Crippen MR) is 137 cm³/mol. The molecule has 37 heavy (non-hydrogen) atoms. The molecule has 0 spiro atoms. The number of aliphatic hydroxyl groups is 3. The van der Waals surface area contributed by atoms with E-state index in [9.17, 15) is 34.8 Å². The average Bonchev–Trinajstić information content (AvgIpc) is 2.76. The molecule has 1 unspecified atom stereocenters. The number of amides is 1. The second kappa shape index (κ2) is 8.99. The second-order valence-electron chi connectivity index (χ2n) is 12.0. The Bertz CT molecular complexity index is 1250. The number of aliphatic hydroxyl groups excluding tert-OH is 2. The van der Waals surface area contributed by atoms with Crippen molar-refractivity contribution in [3.05, 3.63) is 45.7 Å². The fourth-order valence-corrected chi connectivity index (χ4v) is 6.35. The summed E-state index contributed by atoms with van der Waals surface area (Å²) in [7, 11) is 3.16. The molecule has 9 nitrogen and oxygen atoms in total. The van der Waals surface area contributed by atoms with Gasteiger partial charge >= 0.3 is 0 Å². The Morgan fingerprint density at radius 3 is 2.38 bits per heavy atom. The first-order valence-corrected chi connectivity index (χ1v) is 12.6. The minimum Gasteiger partial charge on any atom is -0.508 e. The van der Waals surface area contributed by atoms with Crippen molar-refractivity contribution < 1.29 is 34.8 Å². The largest absolute Gasteiger partial charge is 0.508 e. The van der Waals surface area contributed by atoms with E-state index in [1.807, 2.05) is 6.07 Å². The lowest BCUT2D eigenvalue weighted by Crippen LogP contribution is -2.65. The number of likely N-dealkylation sites (N-methyl/N-ethyl adjacent to an activating group) is 1.